The van der Waals surface area contributed by atoms with Crippen LogP contribution in [0.2, 0.25) is 0 Å². The summed E-state index contributed by atoms with van der Waals surface area (Å²) < 4.78 is 29.3. The van der Waals surface area contributed by atoms with Crippen molar-refractivity contribution in [3.8, 4) is 34.5 Å². The fourth-order valence-corrected chi connectivity index (χ4v) is 14.2. The Morgan fingerprint density at radius 1 is 0.566 bits per heavy atom. The summed E-state index contributed by atoms with van der Waals surface area (Å²) in [6.07, 6.45) is 2.58. The van der Waals surface area contributed by atoms with Crippen LogP contribution in [0.15, 0.2) is 119 Å². The summed E-state index contributed by atoms with van der Waals surface area (Å²) in [6.45, 7) is 9.89. The minimum atomic E-state index is -2.40. The molecule has 0 saturated carbocycles. The summed E-state index contributed by atoms with van der Waals surface area (Å²) in [5, 5.41) is 11.9. The van der Waals surface area contributed by atoms with E-state index in [0.29, 0.717) is 56.0 Å². The van der Waals surface area contributed by atoms with E-state index >= 15 is 0 Å². The molecule has 3 radical (unpaired) electrons. The van der Waals surface area contributed by atoms with Gasteiger partial charge in [-0.2, -0.15) is 0 Å². The number of hydrogen-bond donors (Lipinski definition) is 0. The molecule has 0 bridgehead atoms. The summed E-state index contributed by atoms with van der Waals surface area (Å²) >= 11 is 7.29. The van der Waals surface area contributed by atoms with Gasteiger partial charge in [0, 0.05) is 29.9 Å². The zero-order valence-corrected chi connectivity index (χ0v) is 34.6. The first kappa shape index (κ1) is 40.4. The van der Waals surface area contributed by atoms with Crippen LogP contribution in [-0.2, 0) is 0 Å². The van der Waals surface area contributed by atoms with E-state index < -0.39 is 4.25 Å². The van der Waals surface area contributed by atoms with Crippen molar-refractivity contribution in [2.24, 2.45) is 0 Å². The van der Waals surface area contributed by atoms with Gasteiger partial charge in [0.25, 0.3) is 0 Å². The Morgan fingerprint density at radius 3 is 1.32 bits per heavy atom. The maximum Gasteiger partial charge on any atom is 0.182 e. The number of halogens is 1. The predicted molar refractivity (Wildman–Crippen MR) is 232 cm³/mol. The maximum absolute atomic E-state index is 10.4. The van der Waals surface area contributed by atoms with E-state index in [2.05, 4.69) is 126 Å². The molecule has 7 nitrogen and oxygen atoms in total. The maximum atomic E-state index is 10.4. The average Bonchev–Trinajstić information content (AvgIpc) is 3.98. The number of rotatable bonds is 5. The molecule has 3 aliphatic heterocycles. The number of aldehydes is 1. The third-order valence-electron chi connectivity index (χ3n) is 8.25. The van der Waals surface area contributed by atoms with Gasteiger partial charge >= 0.3 is 140 Å². The number of benzene rings is 3. The van der Waals surface area contributed by atoms with Crippen molar-refractivity contribution in [1.29, 1.82) is 0 Å². The van der Waals surface area contributed by atoms with Crippen LogP contribution in [0, 0.1) is 0 Å². The molecule has 6 heterocycles. The minimum Gasteiger partial charge on any atom is -0.485 e. The summed E-state index contributed by atoms with van der Waals surface area (Å²) in [6, 6.07) is 32.7. The Hall–Kier alpha value is -3.81. The molecule has 53 heavy (non-hydrogen) atoms. The minimum absolute atomic E-state index is 0. The van der Waals surface area contributed by atoms with E-state index in [-0.39, 0.29) is 8.41 Å². The molecule has 0 atom stereocenters. The van der Waals surface area contributed by atoms with Crippen LogP contribution < -0.4 is 44.3 Å². The van der Waals surface area contributed by atoms with Gasteiger partial charge in [0.1, 0.15) is 44.5 Å². The van der Waals surface area contributed by atoms with Crippen molar-refractivity contribution >= 4 is 97.0 Å². The molecule has 3 aliphatic rings. The van der Waals surface area contributed by atoms with Crippen molar-refractivity contribution in [2.45, 2.75) is 0 Å². The quantitative estimate of drug-likeness (QED) is 0.0741. The summed E-state index contributed by atoms with van der Waals surface area (Å²) in [4.78, 5) is 12.1. The molecule has 3 aromatic heterocycles. The van der Waals surface area contributed by atoms with Crippen LogP contribution >= 0.6 is 60.3 Å². The third kappa shape index (κ3) is 9.29. The van der Waals surface area contributed by atoms with Crippen molar-refractivity contribution in [3.05, 3.63) is 129 Å². The normalized spacial score (nSPS) is 14.0. The van der Waals surface area contributed by atoms with Crippen LogP contribution in [0.1, 0.15) is 14.5 Å². The van der Waals surface area contributed by atoms with E-state index in [1.807, 2.05) is 16.1 Å². The SMILES string of the molecule is C=Cc1scc2c1OCCO2.CP(I)(c1ccccc1)(c1ccccc1)c1ccccc1.O=Cc1scc2c1OCCO2.[B].c1scc2c1OCCO2. The summed E-state index contributed by atoms with van der Waals surface area (Å²) in [5.41, 5.74) is 0. The Labute approximate surface area is 337 Å². The topological polar surface area (TPSA) is 72.5 Å². The largest absolute Gasteiger partial charge is 0.485 e. The van der Waals surface area contributed by atoms with Gasteiger partial charge in [-0.3, -0.25) is 4.79 Å². The Bertz CT molecular complexity index is 1870. The molecule has 3 aromatic carbocycles. The number of fused-ring (bicyclic) bond motifs is 3. The van der Waals surface area contributed by atoms with Crippen LogP contribution in [0.5, 0.6) is 34.5 Å². The molecule has 13 heteroatoms. The second-order valence-corrected chi connectivity index (χ2v) is 25.7. The van der Waals surface area contributed by atoms with E-state index in [1.165, 1.54) is 27.3 Å². The van der Waals surface area contributed by atoms with Gasteiger partial charge in [-0.1, -0.05) is 6.58 Å². The zero-order valence-electron chi connectivity index (χ0n) is 29.1. The summed E-state index contributed by atoms with van der Waals surface area (Å²) in [7, 11) is 0. The van der Waals surface area contributed by atoms with Gasteiger partial charge in [-0.25, -0.2) is 0 Å². The van der Waals surface area contributed by atoms with Crippen LogP contribution in [0.25, 0.3) is 6.08 Å². The third-order valence-corrected chi connectivity index (χ3v) is 20.3. The number of carbonyl (C=O) groups excluding carboxylic acids is 1. The standard InChI is InChI=1S/C19H18IP.C8H8O2S.C7H6O3S.C6H6O2S.B/c1-21(20,17-11-5-2-6-12-17,18-13-7-3-8-14-18)19-15-9-4-10-16-19;1-2-7-8-6(5-11-7)9-3-4-10-8;8-3-6-7-5(4-11-6)9-1-2-10-7;1-2-8-6-4-9-3-5(6)7-1;/h2-16H,1H3;2,5H,1,3-4H2;3-4H,1-2H2;3-4H,1-2H2;. The predicted octanol–water partition coefficient (Wildman–Crippen LogP) is 9.13. The first-order valence-corrected chi connectivity index (χ1v) is 24.6. The molecule has 0 fully saturated rings. The Kier molecular flexibility index (Phi) is 14.5. The van der Waals surface area contributed by atoms with Crippen LogP contribution in [0.4, 0.5) is 0 Å². The summed E-state index contributed by atoms with van der Waals surface area (Å²) in [5.74, 6) is 4.81. The molecule has 0 unspecified atom stereocenters. The number of thiophene rings is 3. The van der Waals surface area contributed by atoms with Crippen molar-refractivity contribution in [3.63, 3.8) is 0 Å². The molecular formula is C40H38BIO7PS3. The fourth-order valence-electron chi connectivity index (χ4n) is 5.57. The average molecular weight is 896 g/mol. The number of carbonyl (C=O) groups is 1. The first-order chi connectivity index (χ1) is 25.4. The molecule has 0 spiro atoms. The second kappa shape index (κ2) is 19.0. The van der Waals surface area contributed by atoms with E-state index in [9.17, 15) is 4.79 Å². The Morgan fingerprint density at radius 2 is 0.925 bits per heavy atom. The first-order valence-electron chi connectivity index (χ1n) is 16.5. The molecular weight excluding hydrogens is 857 g/mol. The van der Waals surface area contributed by atoms with Gasteiger partial charge in [-0.05, 0) is 6.08 Å². The van der Waals surface area contributed by atoms with Gasteiger partial charge in [0.05, 0.1) is 4.88 Å². The van der Waals surface area contributed by atoms with Gasteiger partial charge < -0.3 is 28.4 Å². The van der Waals surface area contributed by atoms with Gasteiger partial charge in [0.2, 0.25) is 0 Å². The zero-order chi connectivity index (χ0) is 36.3. The number of ether oxygens (including phenoxy) is 6. The molecule has 0 saturated heterocycles. The smallest absolute Gasteiger partial charge is 0.182 e. The van der Waals surface area contributed by atoms with Crippen LogP contribution in [-0.4, -0.2) is 61.0 Å². The number of hydrogen-bond acceptors (Lipinski definition) is 10. The Balaban J connectivity index is 0.000000144. The molecule has 6 aromatic rings. The molecule has 0 amide bonds. The van der Waals surface area contributed by atoms with E-state index in [1.54, 1.807) is 34.1 Å². The second-order valence-electron chi connectivity index (χ2n) is 11.5. The van der Waals surface area contributed by atoms with Gasteiger partial charge in [-0.15, -0.1) is 34.0 Å². The molecule has 9 rings (SSSR count). The van der Waals surface area contributed by atoms with Crippen molar-refractivity contribution < 1.29 is 33.2 Å². The molecule has 0 N–H and O–H groups in total. The molecule has 0 aliphatic carbocycles. The van der Waals surface area contributed by atoms with E-state index in [0.717, 1.165) is 34.2 Å². The van der Waals surface area contributed by atoms with Gasteiger partial charge in [0.15, 0.2) is 40.8 Å². The van der Waals surface area contributed by atoms with Crippen molar-refractivity contribution in [1.82, 2.24) is 0 Å². The fraction of sp³-hybridized carbons (Fsp3) is 0.175. The molecule has 273 valence electrons. The monoisotopic (exact) mass is 895 g/mol. The van der Waals surface area contributed by atoms with Crippen LogP contribution in [0.3, 0.4) is 0 Å². The van der Waals surface area contributed by atoms with Crippen molar-refractivity contribution in [2.75, 3.05) is 46.3 Å². The van der Waals surface area contributed by atoms with E-state index in [4.69, 9.17) is 28.4 Å².